The van der Waals surface area contributed by atoms with Gasteiger partial charge in [0.15, 0.2) is 5.13 Å². The Balaban J connectivity index is 0.00000306. The summed E-state index contributed by atoms with van der Waals surface area (Å²) in [5, 5.41) is 3.81. The van der Waals surface area contributed by atoms with Crippen molar-refractivity contribution < 1.29 is 9.47 Å². The highest BCUT2D eigenvalue weighted by Gasteiger charge is 2.22. The fraction of sp³-hybridized carbons (Fsp3) is 0.240. The number of hydrogen-bond donors (Lipinski definition) is 0. The molecule has 1 heterocycles. The third kappa shape index (κ3) is 5.09. The second kappa shape index (κ2) is 11.0. The number of thiazole rings is 1. The molecule has 0 aliphatic rings. The molecule has 8 heteroatoms. The average Bonchev–Trinajstić information content (AvgIpc) is 3.17. The lowest BCUT2D eigenvalue weighted by Gasteiger charge is -2.25. The van der Waals surface area contributed by atoms with Crippen LogP contribution in [0.4, 0.5) is 10.8 Å². The molecule has 0 spiro atoms. The predicted molar refractivity (Wildman–Crippen MR) is 147 cm³/mol. The van der Waals surface area contributed by atoms with Crippen molar-refractivity contribution in [1.29, 1.82) is 0 Å². The van der Waals surface area contributed by atoms with Crippen LogP contribution in [0.2, 0.25) is 5.02 Å². The molecule has 3 aromatic carbocycles. The number of benzene rings is 3. The standard InChI is InChI=1S/C25H24BrClN2O2S.ClH/c1-5-12-29(24-19-9-7-17(26)13-16(19)6-11-22(24)31-4)25-28-23(15(2)32-25)20-10-8-18(30-3)14-21(20)27;/h6-11,13-14H,5,12H2,1-4H3;1H. The van der Waals surface area contributed by atoms with E-state index in [0.29, 0.717) is 5.02 Å². The van der Waals surface area contributed by atoms with E-state index in [1.165, 1.54) is 0 Å². The number of hydrogen-bond acceptors (Lipinski definition) is 5. The molecule has 33 heavy (non-hydrogen) atoms. The van der Waals surface area contributed by atoms with Crippen LogP contribution in [0, 0.1) is 6.92 Å². The van der Waals surface area contributed by atoms with Crippen LogP contribution in [0.5, 0.6) is 11.5 Å². The number of fused-ring (bicyclic) bond motifs is 1. The van der Waals surface area contributed by atoms with Crippen molar-refractivity contribution in [2.24, 2.45) is 0 Å². The van der Waals surface area contributed by atoms with E-state index in [9.17, 15) is 0 Å². The minimum Gasteiger partial charge on any atom is -0.497 e. The zero-order valence-corrected chi connectivity index (χ0v) is 22.8. The Bertz CT molecular complexity index is 1280. The van der Waals surface area contributed by atoms with Gasteiger partial charge in [-0.2, -0.15) is 0 Å². The lowest BCUT2D eigenvalue weighted by Crippen LogP contribution is -2.19. The van der Waals surface area contributed by atoms with Crippen LogP contribution in [0.3, 0.4) is 0 Å². The molecule has 0 fully saturated rings. The van der Waals surface area contributed by atoms with Gasteiger partial charge < -0.3 is 14.4 Å². The number of aromatic nitrogens is 1. The summed E-state index contributed by atoms with van der Waals surface area (Å²) in [6, 6.07) is 16.1. The van der Waals surface area contributed by atoms with E-state index in [2.05, 4.69) is 58.9 Å². The molecule has 174 valence electrons. The number of anilines is 2. The van der Waals surface area contributed by atoms with Crippen LogP contribution in [-0.2, 0) is 0 Å². The molecule has 0 radical (unpaired) electrons. The maximum Gasteiger partial charge on any atom is 0.190 e. The molecule has 4 nitrogen and oxygen atoms in total. The average molecular weight is 568 g/mol. The van der Waals surface area contributed by atoms with Gasteiger partial charge in [0, 0.05) is 26.8 Å². The molecule has 0 bridgehead atoms. The lowest BCUT2D eigenvalue weighted by molar-refractivity contribution is 0.415. The van der Waals surface area contributed by atoms with Crippen LogP contribution in [-0.4, -0.2) is 25.7 Å². The first-order valence-electron chi connectivity index (χ1n) is 10.3. The van der Waals surface area contributed by atoms with Crippen molar-refractivity contribution in [3.63, 3.8) is 0 Å². The fourth-order valence-electron chi connectivity index (χ4n) is 3.80. The third-order valence-corrected chi connectivity index (χ3v) is 7.10. The van der Waals surface area contributed by atoms with Crippen LogP contribution in [0.25, 0.3) is 22.0 Å². The van der Waals surface area contributed by atoms with Gasteiger partial charge in [-0.1, -0.05) is 46.6 Å². The highest BCUT2D eigenvalue weighted by Crippen LogP contribution is 2.44. The van der Waals surface area contributed by atoms with E-state index in [-0.39, 0.29) is 12.4 Å². The Morgan fingerprint density at radius 2 is 1.85 bits per heavy atom. The van der Waals surface area contributed by atoms with Crippen molar-refractivity contribution in [2.75, 3.05) is 25.7 Å². The van der Waals surface area contributed by atoms with Crippen molar-refractivity contribution in [1.82, 2.24) is 4.98 Å². The van der Waals surface area contributed by atoms with E-state index in [4.69, 9.17) is 26.1 Å². The van der Waals surface area contributed by atoms with Crippen molar-refractivity contribution in [2.45, 2.75) is 20.3 Å². The molecule has 0 saturated carbocycles. The highest BCUT2D eigenvalue weighted by atomic mass is 79.9. The minimum absolute atomic E-state index is 0. The van der Waals surface area contributed by atoms with Crippen molar-refractivity contribution in [3.05, 3.63) is 62.9 Å². The Morgan fingerprint density at radius 1 is 1.06 bits per heavy atom. The summed E-state index contributed by atoms with van der Waals surface area (Å²) in [4.78, 5) is 8.41. The fourth-order valence-corrected chi connectivity index (χ4v) is 5.39. The summed E-state index contributed by atoms with van der Waals surface area (Å²) in [5.74, 6) is 1.55. The molecule has 0 aliphatic heterocycles. The zero-order chi connectivity index (χ0) is 22.8. The molecule has 0 aliphatic carbocycles. The molecule has 0 unspecified atom stereocenters. The SMILES string of the molecule is CCCN(c1nc(-c2ccc(OC)cc2Cl)c(C)s1)c1c(OC)ccc2cc(Br)ccc12.Cl. The molecule has 0 saturated heterocycles. The molecule has 4 aromatic rings. The predicted octanol–water partition coefficient (Wildman–Crippen LogP) is 8.67. The van der Waals surface area contributed by atoms with Gasteiger partial charge in [0.05, 0.1) is 30.6 Å². The summed E-state index contributed by atoms with van der Waals surface area (Å²) in [5.41, 5.74) is 2.82. The smallest absolute Gasteiger partial charge is 0.190 e. The topological polar surface area (TPSA) is 34.6 Å². The van der Waals surface area contributed by atoms with E-state index < -0.39 is 0 Å². The summed E-state index contributed by atoms with van der Waals surface area (Å²) in [7, 11) is 3.35. The van der Waals surface area contributed by atoms with Crippen LogP contribution in [0.1, 0.15) is 18.2 Å². The number of methoxy groups -OCH3 is 2. The summed E-state index contributed by atoms with van der Waals surface area (Å²) in [6.07, 6.45) is 0.966. The monoisotopic (exact) mass is 566 g/mol. The molecule has 0 amide bonds. The Labute approximate surface area is 218 Å². The van der Waals surface area contributed by atoms with Gasteiger partial charge in [-0.25, -0.2) is 4.98 Å². The van der Waals surface area contributed by atoms with Gasteiger partial charge in [0.1, 0.15) is 11.5 Å². The van der Waals surface area contributed by atoms with Crippen molar-refractivity contribution in [3.8, 4) is 22.8 Å². The lowest BCUT2D eigenvalue weighted by atomic mass is 10.1. The number of ether oxygens (including phenoxy) is 2. The number of rotatable bonds is 7. The van der Waals surface area contributed by atoms with Gasteiger partial charge in [0.2, 0.25) is 0 Å². The number of halogens is 3. The first kappa shape index (κ1) is 25.6. The highest BCUT2D eigenvalue weighted by molar-refractivity contribution is 9.10. The Morgan fingerprint density at radius 3 is 2.52 bits per heavy atom. The molecular formula is C25H25BrCl2N2O2S. The van der Waals surface area contributed by atoms with E-state index in [1.807, 2.05) is 24.3 Å². The van der Waals surface area contributed by atoms with Crippen LogP contribution in [0.15, 0.2) is 53.0 Å². The maximum absolute atomic E-state index is 6.57. The van der Waals surface area contributed by atoms with Crippen LogP contribution < -0.4 is 14.4 Å². The first-order valence-corrected chi connectivity index (χ1v) is 12.3. The first-order chi connectivity index (χ1) is 15.5. The second-order valence-corrected chi connectivity index (χ2v) is 9.89. The van der Waals surface area contributed by atoms with Gasteiger partial charge in [-0.15, -0.1) is 23.7 Å². The summed E-state index contributed by atoms with van der Waals surface area (Å²) in [6.45, 7) is 5.07. The third-order valence-electron chi connectivity index (χ3n) is 5.30. The second-order valence-electron chi connectivity index (χ2n) is 7.38. The quantitative estimate of drug-likeness (QED) is 0.224. The van der Waals surface area contributed by atoms with Gasteiger partial charge in [0.25, 0.3) is 0 Å². The summed E-state index contributed by atoms with van der Waals surface area (Å²) >= 11 is 11.8. The van der Waals surface area contributed by atoms with E-state index >= 15 is 0 Å². The maximum atomic E-state index is 6.57. The molecule has 0 atom stereocenters. The molecule has 1 aromatic heterocycles. The largest absolute Gasteiger partial charge is 0.497 e. The minimum atomic E-state index is 0. The molecular weight excluding hydrogens is 543 g/mol. The Kier molecular flexibility index (Phi) is 8.51. The molecule has 0 N–H and O–H groups in total. The molecule has 4 rings (SSSR count). The van der Waals surface area contributed by atoms with E-state index in [1.54, 1.807) is 25.6 Å². The van der Waals surface area contributed by atoms with Crippen LogP contribution >= 0.6 is 51.3 Å². The number of nitrogens with zero attached hydrogens (tertiary/aromatic N) is 2. The zero-order valence-electron chi connectivity index (χ0n) is 18.8. The number of aryl methyl sites for hydroxylation is 1. The van der Waals surface area contributed by atoms with E-state index in [0.717, 1.165) is 66.7 Å². The van der Waals surface area contributed by atoms with Gasteiger partial charge in [-0.05, 0) is 55.1 Å². The summed E-state index contributed by atoms with van der Waals surface area (Å²) < 4.78 is 12.1. The normalized spacial score (nSPS) is 10.7. The van der Waals surface area contributed by atoms with Gasteiger partial charge >= 0.3 is 0 Å². The van der Waals surface area contributed by atoms with Crippen molar-refractivity contribution >= 4 is 72.9 Å². The Hall–Kier alpha value is -1.99. The van der Waals surface area contributed by atoms with Gasteiger partial charge in [-0.3, -0.25) is 0 Å².